The van der Waals surface area contributed by atoms with Gasteiger partial charge >= 0.3 is 18.3 Å². The summed E-state index contributed by atoms with van der Waals surface area (Å²) in [5, 5.41) is 9.65. The highest BCUT2D eigenvalue weighted by Gasteiger charge is 2.54. The number of ether oxygens (including phenoxy) is 3. The Hall–Kier alpha value is -4.86. The summed E-state index contributed by atoms with van der Waals surface area (Å²) in [6, 6.07) is 26.4. The van der Waals surface area contributed by atoms with E-state index in [1.165, 1.54) is 24.3 Å². The number of rotatable bonds is 16. The third-order valence-corrected chi connectivity index (χ3v) is 17.6. The monoisotopic (exact) mass is 1010 g/mol. The molecule has 12 nitrogen and oxygen atoms in total. The minimum absolute atomic E-state index is 0.00635. The van der Waals surface area contributed by atoms with Gasteiger partial charge in [0.1, 0.15) is 0 Å². The van der Waals surface area contributed by atoms with E-state index in [0.717, 1.165) is 46.2 Å². The first kappa shape index (κ1) is 53.5. The van der Waals surface area contributed by atoms with Crippen LogP contribution in [0.4, 0.5) is 26.3 Å². The number of carbonyl (C=O) groups is 2. The molecule has 4 aromatic carbocycles. The van der Waals surface area contributed by atoms with E-state index in [-0.39, 0.29) is 74.7 Å². The Morgan fingerprint density at radius 1 is 0.580 bits per heavy atom. The van der Waals surface area contributed by atoms with Crippen LogP contribution in [-0.4, -0.2) is 95.0 Å². The van der Waals surface area contributed by atoms with Crippen LogP contribution in [0.15, 0.2) is 107 Å². The third-order valence-electron chi connectivity index (χ3n) is 12.6. The molecular formula is C49H55F6NO11S2. The Labute approximate surface area is 397 Å². The molecule has 69 heavy (non-hydrogen) atoms. The molecule has 0 aliphatic carbocycles. The van der Waals surface area contributed by atoms with E-state index >= 15 is 0 Å². The lowest BCUT2D eigenvalue weighted by Gasteiger charge is -2.35. The zero-order chi connectivity index (χ0) is 49.9. The van der Waals surface area contributed by atoms with E-state index in [4.69, 9.17) is 19.0 Å². The van der Waals surface area contributed by atoms with Gasteiger partial charge in [-0.2, -0.15) is 26.3 Å². The lowest BCUT2D eigenvalue weighted by Crippen LogP contribution is -2.56. The molecule has 1 amide bonds. The smallest absolute Gasteiger partial charge is 0.389 e. The van der Waals surface area contributed by atoms with Crippen LogP contribution in [0.25, 0.3) is 22.3 Å². The lowest BCUT2D eigenvalue weighted by molar-refractivity contribution is -0.202. The van der Waals surface area contributed by atoms with Gasteiger partial charge in [0.15, 0.2) is 35.5 Å². The van der Waals surface area contributed by atoms with Gasteiger partial charge in [-0.1, -0.05) is 72.8 Å². The highest BCUT2D eigenvalue weighted by Crippen LogP contribution is 2.38. The predicted octanol–water partition coefficient (Wildman–Crippen LogP) is 9.78. The summed E-state index contributed by atoms with van der Waals surface area (Å²) < 4.78 is 140. The molecule has 3 heterocycles. The van der Waals surface area contributed by atoms with Gasteiger partial charge in [0, 0.05) is 65.1 Å². The summed E-state index contributed by atoms with van der Waals surface area (Å²) >= 11 is 0. The summed E-state index contributed by atoms with van der Waals surface area (Å²) in [5.74, 6) is -2.11. The Morgan fingerprint density at radius 3 is 1.32 bits per heavy atom. The maximum Gasteiger partial charge on any atom is 0.389 e. The standard InChI is InChI=1S/C27H32F3NO6S.C22H23F3O5S/c28-27(29,30)14-3-4-20-6-8-21(9-7-20)22-10-12-23(13-11-22)38(33,34)26(15-18-35-19-16-26)25(32)31-37-24-5-1-2-17-36-24;23-22(24,25)11-1-2-16-3-5-17(6-4-16)18-7-9-19(10-8-18)31(28,29)21(20(26)27)12-14-30-15-13-21/h6-13,24H,1-5,14-19H2,(H,31,32);3-10H,1-2,11-15H2,(H,26,27). The van der Waals surface area contributed by atoms with Crippen LogP contribution in [0, 0.1) is 0 Å². The number of hydrogen-bond donors (Lipinski definition) is 2. The number of hydroxylamine groups is 1. The molecule has 3 aliphatic heterocycles. The number of benzene rings is 4. The minimum Gasteiger partial charge on any atom is -0.480 e. The molecule has 1 atom stereocenters. The van der Waals surface area contributed by atoms with Gasteiger partial charge in [0.05, 0.1) is 9.79 Å². The van der Waals surface area contributed by atoms with Gasteiger partial charge in [-0.15, -0.1) is 0 Å². The van der Waals surface area contributed by atoms with Gasteiger partial charge in [0.2, 0.25) is 0 Å². The maximum atomic E-state index is 13.8. The Bertz CT molecular complexity index is 2540. The van der Waals surface area contributed by atoms with Crippen molar-refractivity contribution in [3.05, 3.63) is 108 Å². The van der Waals surface area contributed by atoms with Crippen molar-refractivity contribution >= 4 is 31.6 Å². The lowest BCUT2D eigenvalue weighted by atomic mass is 9.98. The topological polar surface area (TPSA) is 172 Å². The fourth-order valence-electron chi connectivity index (χ4n) is 8.45. The zero-order valence-electron chi connectivity index (χ0n) is 37.7. The number of halogens is 6. The first-order valence-electron chi connectivity index (χ1n) is 22.6. The number of hydrogen-bond acceptors (Lipinski definition) is 10. The SMILES string of the molecule is O=C(NOC1CCCCO1)C1(S(=O)(=O)c2ccc(-c3ccc(CCCC(F)(F)F)cc3)cc2)CCOCC1.O=C(O)C1(S(=O)(=O)c2ccc(-c3ccc(CCCC(F)(F)F)cc3)cc2)CCOCC1. The number of carboxylic acids is 1. The molecule has 0 saturated carbocycles. The van der Waals surface area contributed by atoms with Crippen molar-refractivity contribution in [3.63, 3.8) is 0 Å². The normalized spacial score (nSPS) is 18.6. The summed E-state index contributed by atoms with van der Waals surface area (Å²) in [6.45, 7) is 0.906. The van der Waals surface area contributed by atoms with Crippen LogP contribution >= 0.6 is 0 Å². The fraction of sp³-hybridized carbons (Fsp3) is 0.469. The highest BCUT2D eigenvalue weighted by molar-refractivity contribution is 7.94. The average molecular weight is 1010 g/mol. The molecule has 4 aromatic rings. The first-order valence-corrected chi connectivity index (χ1v) is 25.6. The summed E-state index contributed by atoms with van der Waals surface area (Å²) in [6.07, 6.45) is -7.72. The van der Waals surface area contributed by atoms with Crippen molar-refractivity contribution in [3.8, 4) is 22.3 Å². The minimum atomic E-state index is -4.16. The largest absolute Gasteiger partial charge is 0.480 e. The molecule has 3 saturated heterocycles. The second-order valence-corrected chi connectivity index (χ2v) is 21.8. The van der Waals surface area contributed by atoms with Crippen LogP contribution in [0.2, 0.25) is 0 Å². The van der Waals surface area contributed by atoms with E-state index < -0.39 is 72.5 Å². The molecule has 3 fully saturated rings. The van der Waals surface area contributed by atoms with Gasteiger partial charge in [-0.05, 0) is 109 Å². The Morgan fingerprint density at radius 2 is 0.957 bits per heavy atom. The van der Waals surface area contributed by atoms with Crippen molar-refractivity contribution in [2.24, 2.45) is 0 Å². The summed E-state index contributed by atoms with van der Waals surface area (Å²) in [5.41, 5.74) is 6.97. The molecule has 0 spiro atoms. The van der Waals surface area contributed by atoms with E-state index in [1.54, 1.807) is 72.8 Å². The molecule has 0 aromatic heterocycles. The van der Waals surface area contributed by atoms with Gasteiger partial charge in [0.25, 0.3) is 5.91 Å². The highest BCUT2D eigenvalue weighted by atomic mass is 32.2. The van der Waals surface area contributed by atoms with Crippen molar-refractivity contribution in [1.82, 2.24) is 5.48 Å². The van der Waals surface area contributed by atoms with Crippen LogP contribution in [0.1, 0.15) is 81.8 Å². The van der Waals surface area contributed by atoms with Gasteiger partial charge < -0.3 is 19.3 Å². The van der Waals surface area contributed by atoms with Crippen molar-refractivity contribution in [1.29, 1.82) is 0 Å². The molecule has 7 rings (SSSR count). The first-order chi connectivity index (χ1) is 32.7. The predicted molar refractivity (Wildman–Crippen MR) is 242 cm³/mol. The molecule has 0 radical (unpaired) electrons. The average Bonchev–Trinajstić information content (AvgIpc) is 3.34. The van der Waals surface area contributed by atoms with E-state index in [1.807, 2.05) is 0 Å². The molecular weight excluding hydrogens is 957 g/mol. The number of carboxylic acid groups (broad SMARTS) is 1. The number of nitrogens with one attached hydrogen (secondary N) is 1. The number of aliphatic carboxylic acids is 1. The van der Waals surface area contributed by atoms with Gasteiger partial charge in [-0.3, -0.25) is 9.59 Å². The maximum absolute atomic E-state index is 13.8. The van der Waals surface area contributed by atoms with E-state index in [0.29, 0.717) is 25.9 Å². The molecule has 376 valence electrons. The van der Waals surface area contributed by atoms with Crippen molar-refractivity contribution in [2.75, 3.05) is 33.0 Å². The number of amides is 1. The van der Waals surface area contributed by atoms with Gasteiger partial charge in [-0.25, -0.2) is 27.2 Å². The summed E-state index contributed by atoms with van der Waals surface area (Å²) in [4.78, 5) is 30.4. The fourth-order valence-corrected chi connectivity index (χ4v) is 12.3. The van der Waals surface area contributed by atoms with Crippen molar-refractivity contribution < 1.29 is 76.9 Å². The number of carbonyl (C=O) groups excluding carboxylic acids is 1. The number of aryl methyl sites for hydroxylation is 2. The number of alkyl halides is 6. The Balaban J connectivity index is 0.000000232. The molecule has 3 aliphatic rings. The van der Waals surface area contributed by atoms with Crippen LogP contribution in [-0.2, 0) is 61.2 Å². The van der Waals surface area contributed by atoms with Crippen molar-refractivity contribution in [2.45, 2.75) is 121 Å². The second-order valence-electron chi connectivity index (χ2n) is 17.3. The molecule has 20 heteroatoms. The van der Waals surface area contributed by atoms with Crippen LogP contribution in [0.5, 0.6) is 0 Å². The quantitative estimate of drug-likeness (QED) is 0.0809. The number of sulfone groups is 2. The Kier molecular flexibility index (Phi) is 17.8. The van der Waals surface area contributed by atoms with Crippen LogP contribution in [0.3, 0.4) is 0 Å². The van der Waals surface area contributed by atoms with E-state index in [9.17, 15) is 57.9 Å². The second kappa shape index (κ2) is 22.9. The molecule has 1 unspecified atom stereocenters. The van der Waals surface area contributed by atoms with E-state index in [2.05, 4.69) is 5.48 Å². The third kappa shape index (κ3) is 13.5. The van der Waals surface area contributed by atoms with Crippen LogP contribution < -0.4 is 5.48 Å². The molecule has 0 bridgehead atoms. The molecule has 2 N–H and O–H groups in total. The summed E-state index contributed by atoms with van der Waals surface area (Å²) in [7, 11) is -8.23. The zero-order valence-corrected chi connectivity index (χ0v) is 39.3.